The minimum atomic E-state index is -0.0700. The van der Waals surface area contributed by atoms with Crippen LogP contribution in [0.15, 0.2) is 46.2 Å². The van der Waals surface area contributed by atoms with E-state index < -0.39 is 0 Å². The first-order valence-corrected chi connectivity index (χ1v) is 9.85. The molecule has 0 aliphatic carbocycles. The minimum absolute atomic E-state index is 0.0700. The molecule has 0 atom stereocenters. The number of benzene rings is 1. The molecule has 0 aliphatic heterocycles. The summed E-state index contributed by atoms with van der Waals surface area (Å²) in [7, 11) is 3.11. The summed E-state index contributed by atoms with van der Waals surface area (Å²) in [6.45, 7) is 4.64. The third kappa shape index (κ3) is 4.39. The number of carbonyl (C=O) groups is 1. The zero-order valence-corrected chi connectivity index (χ0v) is 17.2. The third-order valence-electron chi connectivity index (χ3n) is 4.20. The number of hydrogen-bond donors (Lipinski definition) is 0. The number of nitrogens with zero attached hydrogens (tertiary/aromatic N) is 3. The van der Waals surface area contributed by atoms with Gasteiger partial charge in [-0.15, -0.1) is 10.2 Å². The first kappa shape index (κ1) is 20.0. The first-order chi connectivity index (χ1) is 13.5. The fraction of sp³-hybridized carbons (Fsp3) is 0.350. The quantitative estimate of drug-likeness (QED) is 0.395. The van der Waals surface area contributed by atoms with Crippen molar-refractivity contribution in [1.29, 1.82) is 0 Å². The number of methoxy groups -OCH3 is 2. The SMILES string of the molecule is COc1ccc(OC)c(C(=O)CSc2nnc(C(C)C)n2Cc2ccco2)c1. The Morgan fingerprint density at radius 1 is 1.21 bits per heavy atom. The van der Waals surface area contributed by atoms with E-state index in [0.717, 1.165) is 11.6 Å². The van der Waals surface area contributed by atoms with Crippen molar-refractivity contribution in [1.82, 2.24) is 14.8 Å². The lowest BCUT2D eigenvalue weighted by molar-refractivity contribution is 0.101. The number of ether oxygens (including phenoxy) is 2. The fourth-order valence-corrected chi connectivity index (χ4v) is 3.61. The van der Waals surface area contributed by atoms with Gasteiger partial charge in [-0.1, -0.05) is 25.6 Å². The number of thioether (sulfide) groups is 1. The van der Waals surface area contributed by atoms with E-state index in [1.165, 1.54) is 11.8 Å². The van der Waals surface area contributed by atoms with Gasteiger partial charge in [0.05, 0.1) is 38.3 Å². The molecule has 3 aromatic rings. The van der Waals surface area contributed by atoms with Gasteiger partial charge in [-0.3, -0.25) is 9.36 Å². The van der Waals surface area contributed by atoms with Crippen LogP contribution >= 0.6 is 11.8 Å². The fourth-order valence-electron chi connectivity index (χ4n) is 2.78. The van der Waals surface area contributed by atoms with Crippen molar-refractivity contribution >= 4 is 17.5 Å². The Balaban J connectivity index is 1.80. The van der Waals surface area contributed by atoms with E-state index in [2.05, 4.69) is 24.0 Å². The summed E-state index contributed by atoms with van der Waals surface area (Å²) in [6, 6.07) is 8.93. The zero-order chi connectivity index (χ0) is 20.1. The van der Waals surface area contributed by atoms with E-state index in [0.29, 0.717) is 28.8 Å². The van der Waals surface area contributed by atoms with Crippen LogP contribution in [0.1, 0.15) is 41.7 Å². The number of hydrogen-bond acceptors (Lipinski definition) is 7. The molecule has 0 N–H and O–H groups in total. The van der Waals surface area contributed by atoms with Crippen LogP contribution in [0, 0.1) is 0 Å². The summed E-state index contributed by atoms with van der Waals surface area (Å²) in [4.78, 5) is 12.8. The molecule has 28 heavy (non-hydrogen) atoms. The van der Waals surface area contributed by atoms with Crippen molar-refractivity contribution < 1.29 is 18.7 Å². The van der Waals surface area contributed by atoms with E-state index in [-0.39, 0.29) is 17.5 Å². The second-order valence-electron chi connectivity index (χ2n) is 6.44. The highest BCUT2D eigenvalue weighted by molar-refractivity contribution is 7.99. The monoisotopic (exact) mass is 401 g/mol. The maximum absolute atomic E-state index is 12.8. The Bertz CT molecular complexity index is 935. The lowest BCUT2D eigenvalue weighted by atomic mass is 10.1. The van der Waals surface area contributed by atoms with Crippen LogP contribution < -0.4 is 9.47 Å². The Labute approximate surface area is 168 Å². The highest BCUT2D eigenvalue weighted by Crippen LogP contribution is 2.28. The number of carbonyl (C=O) groups excluding carboxylic acids is 1. The summed E-state index contributed by atoms with van der Waals surface area (Å²) in [5.74, 6) is 3.13. The highest BCUT2D eigenvalue weighted by Gasteiger charge is 2.19. The molecule has 1 aromatic carbocycles. The summed E-state index contributed by atoms with van der Waals surface area (Å²) in [5, 5.41) is 9.26. The summed E-state index contributed by atoms with van der Waals surface area (Å²) < 4.78 is 18.0. The van der Waals surface area contributed by atoms with Gasteiger partial charge >= 0.3 is 0 Å². The molecule has 0 amide bonds. The molecule has 0 aliphatic rings. The molecule has 0 bridgehead atoms. The van der Waals surface area contributed by atoms with Crippen LogP contribution in [-0.2, 0) is 6.54 Å². The van der Waals surface area contributed by atoms with Crippen molar-refractivity contribution in [3.63, 3.8) is 0 Å². The molecule has 0 fully saturated rings. The standard InChI is InChI=1S/C20H23N3O4S/c1-13(2)19-21-22-20(23(19)11-15-6-5-9-27-15)28-12-17(24)16-10-14(25-3)7-8-18(16)26-4/h5-10,13H,11-12H2,1-4H3. The smallest absolute Gasteiger partial charge is 0.192 e. The molecule has 8 heteroatoms. The van der Waals surface area contributed by atoms with Gasteiger partial charge in [0, 0.05) is 5.92 Å². The van der Waals surface area contributed by atoms with Crippen LogP contribution in [0.25, 0.3) is 0 Å². The number of Topliss-reactive ketones (excluding diaryl/α,β-unsaturated/α-hetero) is 1. The van der Waals surface area contributed by atoms with E-state index in [4.69, 9.17) is 13.9 Å². The number of aromatic nitrogens is 3. The predicted molar refractivity (Wildman–Crippen MR) is 107 cm³/mol. The molecule has 7 nitrogen and oxygen atoms in total. The Hall–Kier alpha value is -2.74. The minimum Gasteiger partial charge on any atom is -0.497 e. The maximum Gasteiger partial charge on any atom is 0.192 e. The van der Waals surface area contributed by atoms with Crippen LogP contribution in [0.4, 0.5) is 0 Å². The molecule has 2 aromatic heterocycles. The summed E-state index contributed by atoms with van der Waals surface area (Å²) in [6.07, 6.45) is 1.64. The molecular weight excluding hydrogens is 378 g/mol. The molecule has 2 heterocycles. The second kappa shape index (κ2) is 8.97. The highest BCUT2D eigenvalue weighted by atomic mass is 32.2. The van der Waals surface area contributed by atoms with E-state index in [9.17, 15) is 4.79 Å². The van der Waals surface area contributed by atoms with Crippen molar-refractivity contribution in [2.24, 2.45) is 0 Å². The van der Waals surface area contributed by atoms with Gasteiger partial charge in [-0.25, -0.2) is 0 Å². The van der Waals surface area contributed by atoms with E-state index in [1.807, 2.05) is 16.7 Å². The Morgan fingerprint density at radius 3 is 2.68 bits per heavy atom. The van der Waals surface area contributed by atoms with Gasteiger partial charge in [-0.2, -0.15) is 0 Å². The van der Waals surface area contributed by atoms with Gasteiger partial charge < -0.3 is 13.9 Å². The largest absolute Gasteiger partial charge is 0.497 e. The topological polar surface area (TPSA) is 79.4 Å². The normalized spacial score (nSPS) is 11.0. The number of ketones is 1. The van der Waals surface area contributed by atoms with E-state index >= 15 is 0 Å². The Morgan fingerprint density at radius 2 is 2.04 bits per heavy atom. The molecule has 0 spiro atoms. The molecule has 0 saturated heterocycles. The van der Waals surface area contributed by atoms with Gasteiger partial charge in [0.2, 0.25) is 0 Å². The second-order valence-corrected chi connectivity index (χ2v) is 7.38. The van der Waals surface area contributed by atoms with Crippen molar-refractivity contribution in [3.8, 4) is 11.5 Å². The summed E-state index contributed by atoms with van der Waals surface area (Å²) in [5.41, 5.74) is 0.482. The van der Waals surface area contributed by atoms with Crippen molar-refractivity contribution in [2.45, 2.75) is 31.5 Å². The number of rotatable bonds is 9. The Kier molecular flexibility index (Phi) is 6.41. The number of furan rings is 1. The van der Waals surface area contributed by atoms with Crippen molar-refractivity contribution in [2.75, 3.05) is 20.0 Å². The van der Waals surface area contributed by atoms with Crippen LogP contribution in [0.2, 0.25) is 0 Å². The molecule has 3 rings (SSSR count). The third-order valence-corrected chi connectivity index (χ3v) is 5.16. The van der Waals surface area contributed by atoms with Crippen LogP contribution in [-0.4, -0.2) is 40.5 Å². The lowest BCUT2D eigenvalue weighted by Crippen LogP contribution is -2.10. The van der Waals surface area contributed by atoms with E-state index in [1.54, 1.807) is 38.7 Å². The lowest BCUT2D eigenvalue weighted by Gasteiger charge is -2.11. The average Bonchev–Trinajstić information content (AvgIpc) is 3.36. The van der Waals surface area contributed by atoms with Crippen LogP contribution in [0.5, 0.6) is 11.5 Å². The van der Waals surface area contributed by atoms with Gasteiger partial charge in [0.15, 0.2) is 10.9 Å². The summed E-state index contributed by atoms with van der Waals surface area (Å²) >= 11 is 1.34. The molecule has 0 radical (unpaired) electrons. The maximum atomic E-state index is 12.8. The average molecular weight is 401 g/mol. The predicted octanol–water partition coefficient (Wildman–Crippen LogP) is 4.04. The molecular formula is C20H23N3O4S. The van der Waals surface area contributed by atoms with Gasteiger partial charge in [-0.05, 0) is 30.3 Å². The molecule has 148 valence electrons. The molecule has 0 unspecified atom stereocenters. The first-order valence-electron chi connectivity index (χ1n) is 8.87. The zero-order valence-electron chi connectivity index (χ0n) is 16.3. The van der Waals surface area contributed by atoms with Gasteiger partial charge in [0.25, 0.3) is 0 Å². The van der Waals surface area contributed by atoms with Crippen LogP contribution in [0.3, 0.4) is 0 Å². The molecule has 0 saturated carbocycles. The van der Waals surface area contributed by atoms with Gasteiger partial charge in [0.1, 0.15) is 23.1 Å². The van der Waals surface area contributed by atoms with Crippen molar-refractivity contribution in [3.05, 3.63) is 53.7 Å².